The predicted octanol–water partition coefficient (Wildman–Crippen LogP) is 2.90. The molecule has 0 aliphatic carbocycles. The highest BCUT2D eigenvalue weighted by atomic mass is 19.4. The molecule has 1 fully saturated rings. The number of hydrogen-bond acceptors (Lipinski definition) is 2. The van der Waals surface area contributed by atoms with Gasteiger partial charge in [0.1, 0.15) is 0 Å². The molecule has 3 rings (SSSR count). The van der Waals surface area contributed by atoms with E-state index in [1.54, 1.807) is 7.05 Å². The van der Waals surface area contributed by atoms with Crippen LogP contribution in [0.1, 0.15) is 18.4 Å². The number of guanidine groups is 1. The van der Waals surface area contributed by atoms with Gasteiger partial charge >= 0.3 is 6.18 Å². The lowest BCUT2D eigenvalue weighted by atomic mass is 10.1. The van der Waals surface area contributed by atoms with Gasteiger partial charge in [-0.05, 0) is 30.9 Å². The van der Waals surface area contributed by atoms with Crippen LogP contribution in [-0.4, -0.2) is 61.3 Å². The third kappa shape index (κ3) is 5.63. The number of aromatic amines is 1. The molecule has 0 spiro atoms. The van der Waals surface area contributed by atoms with Crippen molar-refractivity contribution in [2.75, 3.05) is 33.2 Å². The Kier molecular flexibility index (Phi) is 6.26. The Morgan fingerprint density at radius 3 is 2.93 bits per heavy atom. The number of likely N-dealkylation sites (tertiary alicyclic amines) is 1. The summed E-state index contributed by atoms with van der Waals surface area (Å²) in [5.74, 6) is 0.646. The van der Waals surface area contributed by atoms with E-state index in [2.05, 4.69) is 32.7 Å². The molecule has 0 amide bonds. The molecule has 5 nitrogen and oxygen atoms in total. The Balaban J connectivity index is 1.40. The zero-order chi connectivity index (χ0) is 19.3. The summed E-state index contributed by atoms with van der Waals surface area (Å²) < 4.78 is 37.4. The minimum absolute atomic E-state index is 0.00725. The van der Waals surface area contributed by atoms with Gasteiger partial charge in [0.05, 0.1) is 6.54 Å². The molecule has 2 aromatic rings. The molecular weight excluding hydrogens is 355 g/mol. The summed E-state index contributed by atoms with van der Waals surface area (Å²) in [4.78, 5) is 8.89. The monoisotopic (exact) mass is 381 g/mol. The molecule has 1 atom stereocenters. The first-order chi connectivity index (χ1) is 12.9. The first-order valence-corrected chi connectivity index (χ1v) is 9.26. The fraction of sp³-hybridized carbons (Fsp3) is 0.526. The van der Waals surface area contributed by atoms with Gasteiger partial charge in [-0.15, -0.1) is 0 Å². The van der Waals surface area contributed by atoms with Crippen molar-refractivity contribution < 1.29 is 13.2 Å². The molecular formula is C19H26F3N5. The zero-order valence-corrected chi connectivity index (χ0v) is 15.4. The molecule has 148 valence electrons. The summed E-state index contributed by atoms with van der Waals surface area (Å²) in [6, 6.07) is 8.22. The Morgan fingerprint density at radius 2 is 2.15 bits per heavy atom. The predicted molar refractivity (Wildman–Crippen MR) is 102 cm³/mol. The third-order valence-corrected chi connectivity index (χ3v) is 4.83. The van der Waals surface area contributed by atoms with Crippen LogP contribution in [0.5, 0.6) is 0 Å². The highest BCUT2D eigenvalue weighted by molar-refractivity contribution is 5.83. The normalized spacial score (nSPS) is 19.0. The number of H-pyrrole nitrogens is 1. The van der Waals surface area contributed by atoms with Crippen LogP contribution in [0.15, 0.2) is 35.5 Å². The Bertz CT molecular complexity index is 768. The van der Waals surface area contributed by atoms with Crippen molar-refractivity contribution >= 4 is 16.9 Å². The molecule has 27 heavy (non-hydrogen) atoms. The molecule has 0 bridgehead atoms. The highest BCUT2D eigenvalue weighted by Crippen LogP contribution is 2.20. The Labute approximate surface area is 157 Å². The number of para-hydroxylation sites is 1. The van der Waals surface area contributed by atoms with Crippen molar-refractivity contribution in [3.05, 3.63) is 36.0 Å². The number of nitrogens with zero attached hydrogens (tertiary/aromatic N) is 2. The van der Waals surface area contributed by atoms with Crippen molar-refractivity contribution in [2.24, 2.45) is 4.99 Å². The van der Waals surface area contributed by atoms with Crippen molar-refractivity contribution in [3.8, 4) is 0 Å². The third-order valence-electron chi connectivity index (χ3n) is 4.83. The molecule has 0 radical (unpaired) electrons. The number of aromatic nitrogens is 1. The van der Waals surface area contributed by atoms with E-state index in [0.29, 0.717) is 25.5 Å². The number of aliphatic imine (C=N–C) groups is 1. The van der Waals surface area contributed by atoms with Crippen molar-refractivity contribution in [2.45, 2.75) is 31.5 Å². The van der Waals surface area contributed by atoms with E-state index >= 15 is 0 Å². The quantitative estimate of drug-likeness (QED) is 0.410. The largest absolute Gasteiger partial charge is 0.401 e. The van der Waals surface area contributed by atoms with Crippen molar-refractivity contribution in [1.29, 1.82) is 0 Å². The number of benzene rings is 1. The first-order valence-electron chi connectivity index (χ1n) is 9.26. The molecule has 1 saturated heterocycles. The number of alkyl halides is 3. The minimum atomic E-state index is -4.14. The maximum Gasteiger partial charge on any atom is 0.401 e. The van der Waals surface area contributed by atoms with E-state index in [1.165, 1.54) is 15.8 Å². The summed E-state index contributed by atoms with van der Waals surface area (Å²) in [5, 5.41) is 7.73. The van der Waals surface area contributed by atoms with Gasteiger partial charge in [-0.2, -0.15) is 13.2 Å². The second-order valence-electron chi connectivity index (χ2n) is 6.94. The summed E-state index contributed by atoms with van der Waals surface area (Å²) in [6.07, 6.45) is 0.471. The summed E-state index contributed by atoms with van der Waals surface area (Å²) in [5.41, 5.74) is 2.43. The number of hydrogen-bond donors (Lipinski definition) is 3. The maximum absolute atomic E-state index is 12.5. The van der Waals surface area contributed by atoms with E-state index in [1.807, 2.05) is 18.3 Å². The van der Waals surface area contributed by atoms with E-state index in [9.17, 15) is 13.2 Å². The molecule has 1 aromatic carbocycles. The van der Waals surface area contributed by atoms with Crippen molar-refractivity contribution in [1.82, 2.24) is 20.5 Å². The molecule has 3 N–H and O–H groups in total. The van der Waals surface area contributed by atoms with Gasteiger partial charge in [-0.3, -0.25) is 9.89 Å². The number of aryl methyl sites for hydroxylation is 1. The number of halogens is 3. The molecule has 1 aliphatic heterocycles. The van der Waals surface area contributed by atoms with Gasteiger partial charge in [0.25, 0.3) is 0 Å². The van der Waals surface area contributed by atoms with Crippen LogP contribution >= 0.6 is 0 Å². The second kappa shape index (κ2) is 8.65. The van der Waals surface area contributed by atoms with Gasteiger partial charge in [-0.1, -0.05) is 18.2 Å². The Hall–Kier alpha value is -2.22. The Morgan fingerprint density at radius 1 is 1.33 bits per heavy atom. The first kappa shape index (κ1) is 19.5. The lowest BCUT2D eigenvalue weighted by Crippen LogP contribution is -2.45. The molecule has 8 heteroatoms. The minimum Gasteiger partial charge on any atom is -0.361 e. The SMILES string of the molecule is CN=C(NCCCc1c[nH]c2ccccc12)NC1CCN(CC(F)(F)F)C1. The number of nitrogens with one attached hydrogen (secondary N) is 3. The van der Waals surface area contributed by atoms with Crippen LogP contribution in [0.2, 0.25) is 0 Å². The van der Waals surface area contributed by atoms with Gasteiger partial charge < -0.3 is 15.6 Å². The van der Waals surface area contributed by atoms with Gasteiger partial charge in [-0.25, -0.2) is 0 Å². The van der Waals surface area contributed by atoms with Crippen molar-refractivity contribution in [3.63, 3.8) is 0 Å². The van der Waals surface area contributed by atoms with Crippen LogP contribution in [0.3, 0.4) is 0 Å². The van der Waals surface area contributed by atoms with Gasteiger partial charge in [0.2, 0.25) is 0 Å². The van der Waals surface area contributed by atoms with E-state index < -0.39 is 12.7 Å². The number of rotatable bonds is 6. The molecule has 1 aliphatic rings. The van der Waals surface area contributed by atoms with E-state index in [0.717, 1.165) is 24.9 Å². The molecule has 0 saturated carbocycles. The standard InChI is InChI=1S/C19H26F3N5/c1-23-18(26-15-8-10-27(12-15)13-19(20,21)22)24-9-4-5-14-11-25-17-7-3-2-6-16(14)17/h2-3,6-7,11,15,25H,4-5,8-10,12-13H2,1H3,(H2,23,24,26). The maximum atomic E-state index is 12.5. The fourth-order valence-electron chi connectivity index (χ4n) is 3.56. The summed E-state index contributed by atoms with van der Waals surface area (Å²) in [7, 11) is 1.68. The van der Waals surface area contributed by atoms with Gasteiger partial charge in [0.15, 0.2) is 5.96 Å². The molecule has 2 heterocycles. The van der Waals surface area contributed by atoms with Gasteiger partial charge in [0, 0.05) is 49.8 Å². The average molecular weight is 381 g/mol. The van der Waals surface area contributed by atoms with E-state index in [4.69, 9.17) is 0 Å². The highest BCUT2D eigenvalue weighted by Gasteiger charge is 2.34. The molecule has 1 unspecified atom stereocenters. The topological polar surface area (TPSA) is 55.5 Å². The fourth-order valence-corrected chi connectivity index (χ4v) is 3.56. The van der Waals surface area contributed by atoms with Crippen LogP contribution in [0.25, 0.3) is 10.9 Å². The van der Waals surface area contributed by atoms with E-state index in [-0.39, 0.29) is 6.04 Å². The van der Waals surface area contributed by atoms with Crippen LogP contribution in [0.4, 0.5) is 13.2 Å². The average Bonchev–Trinajstić information content (AvgIpc) is 3.23. The number of fused-ring (bicyclic) bond motifs is 1. The van der Waals surface area contributed by atoms with Crippen LogP contribution in [-0.2, 0) is 6.42 Å². The zero-order valence-electron chi connectivity index (χ0n) is 15.4. The lowest BCUT2D eigenvalue weighted by Gasteiger charge is -2.19. The molecule has 1 aromatic heterocycles. The van der Waals surface area contributed by atoms with Crippen LogP contribution < -0.4 is 10.6 Å². The smallest absolute Gasteiger partial charge is 0.361 e. The lowest BCUT2D eigenvalue weighted by molar-refractivity contribution is -0.143. The summed E-state index contributed by atoms with van der Waals surface area (Å²) >= 11 is 0. The second-order valence-corrected chi connectivity index (χ2v) is 6.94. The van der Waals surface area contributed by atoms with Crippen LogP contribution in [0, 0.1) is 0 Å². The summed E-state index contributed by atoms with van der Waals surface area (Å²) in [6.45, 7) is 0.740.